The van der Waals surface area contributed by atoms with Crippen molar-refractivity contribution in [2.45, 2.75) is 6.18 Å². The van der Waals surface area contributed by atoms with Crippen molar-refractivity contribution in [3.63, 3.8) is 0 Å². The molecule has 182 valence electrons. The molecule has 7 nitrogen and oxygen atoms in total. The van der Waals surface area contributed by atoms with Crippen molar-refractivity contribution in [2.24, 2.45) is 5.10 Å². The van der Waals surface area contributed by atoms with Crippen molar-refractivity contribution in [2.75, 3.05) is 13.7 Å². The smallest absolute Gasteiger partial charge is 0.416 e. The number of nitrogens with zero attached hydrogens (tertiary/aromatic N) is 4. The summed E-state index contributed by atoms with van der Waals surface area (Å²) in [7, 11) is 1.42. The van der Waals surface area contributed by atoms with Crippen molar-refractivity contribution in [3.05, 3.63) is 86.6 Å². The number of benzene rings is 3. The molecule has 0 N–H and O–H groups in total. The van der Waals surface area contributed by atoms with Crippen LogP contribution in [0.1, 0.15) is 11.1 Å². The summed E-state index contributed by atoms with van der Waals surface area (Å²) in [4.78, 5) is 17.7. The fourth-order valence-electron chi connectivity index (χ4n) is 3.40. The summed E-state index contributed by atoms with van der Waals surface area (Å²) in [5.74, 6) is 0.576. The number of fused-ring (bicyclic) bond motifs is 1. The normalized spacial score (nSPS) is 11.6. The zero-order valence-electron chi connectivity index (χ0n) is 18.6. The van der Waals surface area contributed by atoms with Gasteiger partial charge in [-0.05, 0) is 52.3 Å². The fraction of sp³-hybridized carbons (Fsp3) is 0.120. The fourth-order valence-corrected chi connectivity index (χ4v) is 3.83. The Morgan fingerprint density at radius 1 is 1.14 bits per heavy atom. The zero-order valence-corrected chi connectivity index (χ0v) is 20.2. The van der Waals surface area contributed by atoms with E-state index in [0.717, 1.165) is 16.8 Å². The van der Waals surface area contributed by atoms with E-state index in [1.807, 2.05) is 6.07 Å². The Morgan fingerprint density at radius 3 is 2.64 bits per heavy atom. The van der Waals surface area contributed by atoms with Crippen LogP contribution in [-0.4, -0.2) is 29.6 Å². The van der Waals surface area contributed by atoms with Gasteiger partial charge in [-0.3, -0.25) is 4.79 Å². The van der Waals surface area contributed by atoms with Crippen LogP contribution in [0.5, 0.6) is 11.5 Å². The van der Waals surface area contributed by atoms with Gasteiger partial charge in [-0.15, -0.1) is 0 Å². The molecule has 0 unspecified atom stereocenters. The molecule has 36 heavy (non-hydrogen) atoms. The highest BCUT2D eigenvalue weighted by atomic mass is 79.9. The second-order valence-electron chi connectivity index (χ2n) is 7.36. The van der Waals surface area contributed by atoms with Crippen molar-refractivity contribution in [1.29, 1.82) is 5.26 Å². The lowest BCUT2D eigenvalue weighted by Gasteiger charge is -2.13. The molecule has 3 aromatic carbocycles. The molecule has 0 saturated heterocycles. The summed E-state index contributed by atoms with van der Waals surface area (Å²) in [6.45, 7) is -0.186. The molecule has 0 aliphatic heterocycles. The first kappa shape index (κ1) is 24.9. The standard InChI is InChI=1S/C25H16BrF3N4O3/c1-35-21-12-16(19(26)13-22(21)36-10-9-30)14-31-33-23(15-5-4-6-17(11-15)25(27,28)29)32-20-8-3-2-7-18(20)24(33)34/h2-8,11-14H,10H2,1H3. The number of ether oxygens (including phenoxy) is 2. The lowest BCUT2D eigenvalue weighted by Crippen LogP contribution is -2.20. The molecule has 0 bridgehead atoms. The van der Waals surface area contributed by atoms with E-state index in [2.05, 4.69) is 26.0 Å². The third-order valence-electron chi connectivity index (χ3n) is 5.09. The largest absolute Gasteiger partial charge is 0.493 e. The van der Waals surface area contributed by atoms with Crippen LogP contribution >= 0.6 is 15.9 Å². The number of methoxy groups -OCH3 is 1. The number of rotatable bonds is 6. The first-order chi connectivity index (χ1) is 17.2. The average molecular weight is 557 g/mol. The van der Waals surface area contributed by atoms with Gasteiger partial charge >= 0.3 is 6.18 Å². The minimum atomic E-state index is -4.57. The predicted molar refractivity (Wildman–Crippen MR) is 131 cm³/mol. The van der Waals surface area contributed by atoms with Crippen LogP contribution in [0.3, 0.4) is 0 Å². The van der Waals surface area contributed by atoms with E-state index in [0.29, 0.717) is 27.1 Å². The highest BCUT2D eigenvalue weighted by Gasteiger charge is 2.31. The molecule has 0 saturated carbocycles. The summed E-state index contributed by atoms with van der Waals surface area (Å²) in [6, 6.07) is 16.1. The minimum Gasteiger partial charge on any atom is -0.493 e. The molecule has 0 aliphatic carbocycles. The van der Waals surface area contributed by atoms with Gasteiger partial charge in [0.15, 0.2) is 23.9 Å². The summed E-state index contributed by atoms with van der Waals surface area (Å²) in [6.07, 6.45) is -3.23. The summed E-state index contributed by atoms with van der Waals surface area (Å²) >= 11 is 3.39. The maximum absolute atomic E-state index is 13.3. The summed E-state index contributed by atoms with van der Waals surface area (Å²) in [5, 5.41) is 13.3. The Bertz CT molecular complexity index is 1580. The van der Waals surface area contributed by atoms with E-state index in [4.69, 9.17) is 14.7 Å². The lowest BCUT2D eigenvalue weighted by molar-refractivity contribution is -0.137. The Hall–Kier alpha value is -4.17. The number of hydrogen-bond acceptors (Lipinski definition) is 6. The molecule has 1 aromatic heterocycles. The van der Waals surface area contributed by atoms with Gasteiger partial charge in [0.1, 0.15) is 6.07 Å². The maximum Gasteiger partial charge on any atom is 0.416 e. The number of alkyl halides is 3. The monoisotopic (exact) mass is 556 g/mol. The number of aromatic nitrogens is 2. The van der Waals surface area contributed by atoms with E-state index >= 15 is 0 Å². The molecule has 0 atom stereocenters. The van der Waals surface area contributed by atoms with Crippen LogP contribution in [0, 0.1) is 11.3 Å². The second-order valence-corrected chi connectivity index (χ2v) is 8.22. The average Bonchev–Trinajstić information content (AvgIpc) is 2.87. The number of hydrogen-bond donors (Lipinski definition) is 0. The Balaban J connectivity index is 1.88. The molecule has 0 aliphatic rings. The molecular formula is C25H16BrF3N4O3. The van der Waals surface area contributed by atoms with E-state index in [-0.39, 0.29) is 23.4 Å². The summed E-state index contributed by atoms with van der Waals surface area (Å²) < 4.78 is 52.2. The molecule has 0 radical (unpaired) electrons. The number of nitriles is 1. The molecule has 11 heteroatoms. The van der Waals surface area contributed by atoms with Gasteiger partial charge in [0.2, 0.25) is 0 Å². The van der Waals surface area contributed by atoms with Crippen molar-refractivity contribution >= 4 is 33.0 Å². The Kier molecular flexibility index (Phi) is 7.07. The van der Waals surface area contributed by atoms with Gasteiger partial charge in [0.25, 0.3) is 5.56 Å². The molecule has 0 fully saturated rings. The van der Waals surface area contributed by atoms with Gasteiger partial charge in [-0.1, -0.05) is 24.3 Å². The summed E-state index contributed by atoms with van der Waals surface area (Å²) in [5.41, 5.74) is -0.559. The second kappa shape index (κ2) is 10.2. The molecular weight excluding hydrogens is 541 g/mol. The van der Waals surface area contributed by atoms with Crippen LogP contribution in [0.4, 0.5) is 13.2 Å². The highest BCUT2D eigenvalue weighted by molar-refractivity contribution is 9.10. The lowest BCUT2D eigenvalue weighted by atomic mass is 10.1. The predicted octanol–water partition coefficient (Wildman–Crippen LogP) is 5.64. The van der Waals surface area contributed by atoms with Crippen LogP contribution in [0.25, 0.3) is 22.3 Å². The van der Waals surface area contributed by atoms with Crippen LogP contribution in [0.15, 0.2) is 75.0 Å². The molecule has 4 rings (SSSR count). The third-order valence-corrected chi connectivity index (χ3v) is 5.78. The molecule has 0 amide bonds. The topological polar surface area (TPSA) is 89.5 Å². The zero-order chi connectivity index (χ0) is 25.9. The van der Waals surface area contributed by atoms with Crippen LogP contribution in [0.2, 0.25) is 0 Å². The van der Waals surface area contributed by atoms with Crippen LogP contribution in [-0.2, 0) is 6.18 Å². The first-order valence-corrected chi connectivity index (χ1v) is 11.1. The van der Waals surface area contributed by atoms with Crippen molar-refractivity contribution in [1.82, 2.24) is 9.66 Å². The van der Waals surface area contributed by atoms with E-state index in [9.17, 15) is 18.0 Å². The quantitative estimate of drug-likeness (QED) is 0.287. The minimum absolute atomic E-state index is 0.0573. The van der Waals surface area contributed by atoms with Gasteiger partial charge in [0, 0.05) is 15.6 Å². The molecule has 1 heterocycles. The van der Waals surface area contributed by atoms with E-state index < -0.39 is 17.3 Å². The van der Waals surface area contributed by atoms with Gasteiger partial charge in [-0.25, -0.2) is 4.98 Å². The van der Waals surface area contributed by atoms with E-state index in [1.165, 1.54) is 25.5 Å². The SMILES string of the molecule is COc1cc(C=Nn2c(-c3cccc(C(F)(F)F)c3)nc3ccccc3c2=O)c(Br)cc1OCC#N. The highest BCUT2D eigenvalue weighted by Crippen LogP contribution is 2.34. The van der Waals surface area contributed by atoms with E-state index in [1.54, 1.807) is 36.4 Å². The maximum atomic E-state index is 13.3. The van der Waals surface area contributed by atoms with Gasteiger partial charge < -0.3 is 9.47 Å². The van der Waals surface area contributed by atoms with Gasteiger partial charge in [-0.2, -0.15) is 28.2 Å². The number of halogens is 4. The van der Waals surface area contributed by atoms with Crippen molar-refractivity contribution < 1.29 is 22.6 Å². The Morgan fingerprint density at radius 2 is 1.92 bits per heavy atom. The van der Waals surface area contributed by atoms with Crippen LogP contribution < -0.4 is 15.0 Å². The Labute approximate surface area is 211 Å². The number of para-hydroxylation sites is 1. The molecule has 4 aromatic rings. The molecule has 0 spiro atoms. The van der Waals surface area contributed by atoms with Crippen molar-refractivity contribution in [3.8, 4) is 29.0 Å². The first-order valence-electron chi connectivity index (χ1n) is 10.3. The van der Waals surface area contributed by atoms with Gasteiger partial charge in [0.05, 0.1) is 29.8 Å². The third kappa shape index (κ3) is 5.08.